The van der Waals surface area contributed by atoms with Crippen molar-refractivity contribution in [2.75, 3.05) is 12.9 Å². The Morgan fingerprint density at radius 3 is 2.00 bits per heavy atom. The summed E-state index contributed by atoms with van der Waals surface area (Å²) in [5.41, 5.74) is -0.144. The molecular formula is C20H25BrN2O10S. The molecule has 0 amide bonds. The van der Waals surface area contributed by atoms with Crippen LogP contribution in [0.3, 0.4) is 0 Å². The third-order valence-corrected chi connectivity index (χ3v) is 6.16. The Balaban J connectivity index is 2.75. The van der Waals surface area contributed by atoms with Crippen molar-refractivity contribution in [1.29, 1.82) is 0 Å². The Hall–Kier alpha value is -2.45. The van der Waals surface area contributed by atoms with E-state index in [1.165, 1.54) is 6.92 Å². The summed E-state index contributed by atoms with van der Waals surface area (Å²) in [6.45, 7) is 5.75. The summed E-state index contributed by atoms with van der Waals surface area (Å²) in [6.07, 6.45) is -5.02. The van der Waals surface area contributed by atoms with Crippen LogP contribution in [0, 0.1) is 6.92 Å². The van der Waals surface area contributed by atoms with Gasteiger partial charge in [0.1, 0.15) is 17.2 Å². The predicted octanol–water partition coefficient (Wildman–Crippen LogP) is 1.29. The lowest BCUT2D eigenvalue weighted by atomic mass is 9.97. The fourth-order valence-corrected chi connectivity index (χ4v) is 4.27. The molecule has 5 atom stereocenters. The Kier molecular flexibility index (Phi) is 9.64. The molecule has 2 rings (SSSR count). The number of carbonyl (C=O) groups is 4. The molecule has 12 nitrogen and oxygen atoms in total. The van der Waals surface area contributed by atoms with E-state index in [1.807, 2.05) is 0 Å². The van der Waals surface area contributed by atoms with E-state index in [2.05, 4.69) is 20.9 Å². The van der Waals surface area contributed by atoms with Crippen molar-refractivity contribution in [3.05, 3.63) is 20.5 Å². The normalized spacial score (nSPS) is 24.1. The van der Waals surface area contributed by atoms with Gasteiger partial charge in [0.2, 0.25) is 0 Å². The zero-order chi connectivity index (χ0) is 25.7. The Morgan fingerprint density at radius 2 is 1.50 bits per heavy atom. The van der Waals surface area contributed by atoms with Gasteiger partial charge in [-0.05, 0) is 29.1 Å². The second-order valence-corrected chi connectivity index (χ2v) is 8.83. The summed E-state index contributed by atoms with van der Waals surface area (Å²) < 4.78 is 28.5. The first-order valence-corrected chi connectivity index (χ1v) is 12.0. The summed E-state index contributed by atoms with van der Waals surface area (Å²) in [4.78, 5) is 64.8. The van der Waals surface area contributed by atoms with E-state index >= 15 is 0 Å². The number of nitrogens with zero attached hydrogens (tertiary/aromatic N) is 2. The summed E-state index contributed by atoms with van der Waals surface area (Å²) in [7, 11) is 0. The molecule has 0 N–H and O–H groups in total. The van der Waals surface area contributed by atoms with E-state index < -0.39 is 66.7 Å². The van der Waals surface area contributed by atoms with Crippen LogP contribution >= 0.6 is 27.7 Å². The molecule has 1 aliphatic rings. The van der Waals surface area contributed by atoms with Crippen LogP contribution in [0.5, 0.6) is 0 Å². The highest BCUT2D eigenvalue weighted by molar-refractivity contribution is 9.10. The number of ether oxygens (including phenoxy) is 5. The van der Waals surface area contributed by atoms with Crippen LogP contribution in [0.15, 0.2) is 14.4 Å². The zero-order valence-electron chi connectivity index (χ0n) is 19.4. The first kappa shape index (κ1) is 27.8. The van der Waals surface area contributed by atoms with Gasteiger partial charge in [0, 0.05) is 27.7 Å². The number of thioether (sulfide) groups is 1. The van der Waals surface area contributed by atoms with Gasteiger partial charge in [0.25, 0.3) is 5.56 Å². The number of rotatable bonds is 7. The molecule has 1 aromatic rings. The standard InChI is InChI=1S/C20H25BrN2O10S/c1-8-14(21)18(28)23(20(22-8)34-6)19-17(32-12(5)27)16(31-11(4)26)15(30-10(3)25)13(33-19)7-29-9(2)24/h13,15-17,19H,7H2,1-6H3/t13-,15+,16+,17-,19-/m1/s1. The molecule has 14 heteroatoms. The van der Waals surface area contributed by atoms with Gasteiger partial charge in [-0.2, -0.15) is 0 Å². The third kappa shape index (κ3) is 6.57. The maximum Gasteiger partial charge on any atom is 0.303 e. The SMILES string of the molecule is CSc1nc(C)c(Br)c(=O)n1[C@@H]1O[C@H](COC(C)=O)[C@H](OC(C)=O)[C@H](OC(C)=O)[C@H]1OC(C)=O. The molecule has 0 aromatic carbocycles. The number of hydrogen-bond acceptors (Lipinski definition) is 12. The summed E-state index contributed by atoms with van der Waals surface area (Å²) in [5, 5.41) is 0.214. The molecule has 0 unspecified atom stereocenters. The number of aryl methyl sites for hydroxylation is 1. The van der Waals surface area contributed by atoms with Crippen molar-refractivity contribution in [2.24, 2.45) is 0 Å². The average Bonchev–Trinajstić information content (AvgIpc) is 2.72. The minimum Gasteiger partial charge on any atom is -0.463 e. The van der Waals surface area contributed by atoms with Crippen LogP contribution in [0.25, 0.3) is 0 Å². The first-order valence-electron chi connectivity index (χ1n) is 10.00. The monoisotopic (exact) mass is 564 g/mol. The molecule has 2 heterocycles. The lowest BCUT2D eigenvalue weighted by Gasteiger charge is -2.45. The molecule has 0 aliphatic carbocycles. The molecular weight excluding hydrogens is 540 g/mol. The van der Waals surface area contributed by atoms with E-state index in [-0.39, 0.29) is 9.63 Å². The molecule has 0 bridgehead atoms. The molecule has 1 aliphatic heterocycles. The summed E-state index contributed by atoms with van der Waals surface area (Å²) in [6, 6.07) is 0. The fourth-order valence-electron chi connectivity index (χ4n) is 3.38. The van der Waals surface area contributed by atoms with Crippen LogP contribution in [-0.4, -0.2) is 70.7 Å². The molecule has 1 saturated heterocycles. The van der Waals surface area contributed by atoms with Crippen molar-refractivity contribution < 1.29 is 42.9 Å². The lowest BCUT2D eigenvalue weighted by molar-refractivity contribution is -0.270. The highest BCUT2D eigenvalue weighted by Crippen LogP contribution is 2.36. The van der Waals surface area contributed by atoms with Gasteiger partial charge in [-0.25, -0.2) is 4.98 Å². The number of halogens is 1. The quantitative estimate of drug-likeness (QED) is 0.203. The highest BCUT2D eigenvalue weighted by Gasteiger charge is 2.53. The van der Waals surface area contributed by atoms with Gasteiger partial charge >= 0.3 is 23.9 Å². The van der Waals surface area contributed by atoms with Crippen molar-refractivity contribution >= 4 is 51.6 Å². The van der Waals surface area contributed by atoms with Crippen molar-refractivity contribution in [3.63, 3.8) is 0 Å². The second kappa shape index (κ2) is 11.8. The minimum atomic E-state index is -1.42. The molecule has 1 aromatic heterocycles. The maximum atomic E-state index is 13.2. The number of esters is 4. The molecule has 34 heavy (non-hydrogen) atoms. The van der Waals surface area contributed by atoms with Crippen LogP contribution < -0.4 is 5.56 Å². The Bertz CT molecular complexity index is 1030. The smallest absolute Gasteiger partial charge is 0.303 e. The maximum absolute atomic E-state index is 13.2. The number of hydrogen-bond donors (Lipinski definition) is 0. The average molecular weight is 565 g/mol. The Labute approximate surface area is 207 Å². The van der Waals surface area contributed by atoms with Gasteiger partial charge < -0.3 is 23.7 Å². The molecule has 1 fully saturated rings. The van der Waals surface area contributed by atoms with Crippen LogP contribution in [0.2, 0.25) is 0 Å². The van der Waals surface area contributed by atoms with E-state index in [1.54, 1.807) is 13.2 Å². The lowest BCUT2D eigenvalue weighted by Crippen LogP contribution is -2.61. The molecule has 188 valence electrons. The number of aromatic nitrogens is 2. The molecule has 0 saturated carbocycles. The van der Waals surface area contributed by atoms with Crippen LogP contribution in [0.1, 0.15) is 39.6 Å². The predicted molar refractivity (Wildman–Crippen MR) is 120 cm³/mol. The summed E-state index contributed by atoms with van der Waals surface area (Å²) in [5.74, 6) is -2.93. The van der Waals surface area contributed by atoms with E-state index in [4.69, 9.17) is 23.7 Å². The van der Waals surface area contributed by atoms with Crippen molar-refractivity contribution in [3.8, 4) is 0 Å². The largest absolute Gasteiger partial charge is 0.463 e. The molecule has 0 radical (unpaired) electrons. The van der Waals surface area contributed by atoms with Gasteiger partial charge in [-0.1, -0.05) is 11.8 Å². The molecule has 0 spiro atoms. The highest BCUT2D eigenvalue weighted by atomic mass is 79.9. The van der Waals surface area contributed by atoms with Gasteiger partial charge in [-0.3, -0.25) is 28.5 Å². The van der Waals surface area contributed by atoms with Crippen molar-refractivity contribution in [2.45, 2.75) is 70.4 Å². The van der Waals surface area contributed by atoms with Crippen LogP contribution in [-0.2, 0) is 42.9 Å². The fraction of sp³-hybridized carbons (Fsp3) is 0.600. The number of carbonyl (C=O) groups excluding carboxylic acids is 4. The van der Waals surface area contributed by atoms with Gasteiger partial charge in [0.05, 0.1) is 5.69 Å². The third-order valence-electron chi connectivity index (χ3n) is 4.60. The first-order chi connectivity index (χ1) is 15.9. The minimum absolute atomic E-state index is 0.137. The van der Waals surface area contributed by atoms with Gasteiger partial charge in [0.15, 0.2) is 29.7 Å². The topological polar surface area (TPSA) is 149 Å². The van der Waals surface area contributed by atoms with Gasteiger partial charge in [-0.15, -0.1) is 0 Å². The summed E-state index contributed by atoms with van der Waals surface area (Å²) >= 11 is 4.33. The van der Waals surface area contributed by atoms with Crippen LogP contribution in [0.4, 0.5) is 0 Å². The van der Waals surface area contributed by atoms with E-state index in [0.29, 0.717) is 5.69 Å². The zero-order valence-corrected chi connectivity index (χ0v) is 21.8. The van der Waals surface area contributed by atoms with Crippen molar-refractivity contribution in [1.82, 2.24) is 9.55 Å². The Morgan fingerprint density at radius 1 is 0.971 bits per heavy atom. The van der Waals surface area contributed by atoms with E-state index in [9.17, 15) is 24.0 Å². The second-order valence-electron chi connectivity index (χ2n) is 7.26. The van der Waals surface area contributed by atoms with E-state index in [0.717, 1.165) is 37.1 Å².